The van der Waals surface area contributed by atoms with Gasteiger partial charge in [0.25, 0.3) is 0 Å². The van der Waals surface area contributed by atoms with Crippen molar-refractivity contribution >= 4 is 11.6 Å². The Morgan fingerprint density at radius 2 is 1.67 bits per heavy atom. The van der Waals surface area contributed by atoms with Gasteiger partial charge >= 0.3 is 6.61 Å². The molecule has 0 fully saturated rings. The quantitative estimate of drug-likeness (QED) is 0.181. The molecule has 1 aliphatic heterocycles. The molecule has 204 valence electrons. The molecule has 5 rings (SSSR count). The molecule has 0 radical (unpaired) electrons. The number of aromatic nitrogens is 2. The van der Waals surface area contributed by atoms with Crippen LogP contribution in [0.25, 0.3) is 11.4 Å². The maximum atomic E-state index is 12.6. The number of alkyl halides is 2. The first-order chi connectivity index (χ1) is 19.0. The lowest BCUT2D eigenvalue weighted by molar-refractivity contribution is -0.0498. The van der Waals surface area contributed by atoms with Crippen molar-refractivity contribution in [1.29, 1.82) is 0 Å². The van der Waals surface area contributed by atoms with E-state index in [2.05, 4.69) is 21.1 Å². The number of halogens is 3. The van der Waals surface area contributed by atoms with Gasteiger partial charge in [0.2, 0.25) is 6.79 Å². The molecule has 39 heavy (non-hydrogen) atoms. The number of nitrogens with zero attached hydrogens (tertiary/aromatic N) is 3. The zero-order chi connectivity index (χ0) is 27.2. The van der Waals surface area contributed by atoms with Gasteiger partial charge in [0.1, 0.15) is 11.6 Å². The highest BCUT2D eigenvalue weighted by Gasteiger charge is 2.21. The zero-order valence-corrected chi connectivity index (χ0v) is 22.4. The van der Waals surface area contributed by atoms with E-state index in [1.807, 2.05) is 48.5 Å². The van der Waals surface area contributed by atoms with Crippen molar-refractivity contribution in [2.24, 2.45) is 0 Å². The summed E-state index contributed by atoms with van der Waals surface area (Å²) in [6.45, 7) is 2.00. The van der Waals surface area contributed by atoms with Gasteiger partial charge in [-0.25, -0.2) is 4.98 Å². The average molecular weight is 554 g/mol. The summed E-state index contributed by atoms with van der Waals surface area (Å²) >= 11 is 6.79. The summed E-state index contributed by atoms with van der Waals surface area (Å²) in [5, 5.41) is 0.473. The lowest BCUT2D eigenvalue weighted by Gasteiger charge is -2.24. The van der Waals surface area contributed by atoms with Crippen LogP contribution in [-0.4, -0.2) is 27.9 Å². The lowest BCUT2D eigenvalue weighted by Crippen LogP contribution is -2.24. The van der Waals surface area contributed by atoms with Gasteiger partial charge in [-0.15, -0.1) is 0 Å². The summed E-state index contributed by atoms with van der Waals surface area (Å²) in [5.74, 6) is 2.43. The van der Waals surface area contributed by atoms with Gasteiger partial charge in [-0.3, -0.25) is 4.90 Å². The number of fused-ring (bicyclic) bond motifs is 1. The zero-order valence-electron chi connectivity index (χ0n) is 21.7. The van der Waals surface area contributed by atoms with Crippen LogP contribution in [0, 0.1) is 0 Å². The Labute approximate surface area is 231 Å². The molecule has 0 unspecified atom stereocenters. The molecule has 0 saturated carbocycles. The van der Waals surface area contributed by atoms with E-state index in [1.54, 1.807) is 24.3 Å². The van der Waals surface area contributed by atoms with Crippen LogP contribution >= 0.6 is 11.6 Å². The number of hydrogen-bond donors (Lipinski definition) is 0. The number of rotatable bonds is 12. The molecular formula is C30H30ClF2N3O3. The van der Waals surface area contributed by atoms with Gasteiger partial charge in [0, 0.05) is 31.7 Å². The van der Waals surface area contributed by atoms with E-state index in [-0.39, 0.29) is 12.5 Å². The van der Waals surface area contributed by atoms with Crippen LogP contribution in [0.2, 0.25) is 5.15 Å². The first-order valence-electron chi connectivity index (χ1n) is 12.9. The third-order valence-corrected chi connectivity index (χ3v) is 6.86. The van der Waals surface area contributed by atoms with Crippen molar-refractivity contribution < 1.29 is 23.0 Å². The molecule has 1 aromatic heterocycles. The Balaban J connectivity index is 1.46. The molecule has 9 heteroatoms. The van der Waals surface area contributed by atoms with Crippen molar-refractivity contribution in [2.45, 2.75) is 52.6 Å². The second-order valence-electron chi connectivity index (χ2n) is 9.40. The maximum Gasteiger partial charge on any atom is 0.387 e. The van der Waals surface area contributed by atoms with Crippen molar-refractivity contribution in [3.8, 4) is 28.6 Å². The Hall–Kier alpha value is -3.62. The van der Waals surface area contributed by atoms with Gasteiger partial charge in [0.15, 0.2) is 16.7 Å². The third kappa shape index (κ3) is 6.69. The van der Waals surface area contributed by atoms with Crippen LogP contribution in [0.1, 0.15) is 36.6 Å². The Bertz CT molecular complexity index is 1380. The fraction of sp³-hybridized carbons (Fsp3) is 0.300. The van der Waals surface area contributed by atoms with Crippen molar-refractivity contribution in [3.05, 3.63) is 94.8 Å². The predicted molar refractivity (Wildman–Crippen MR) is 146 cm³/mol. The number of hydrogen-bond acceptors (Lipinski definition) is 5. The highest BCUT2D eigenvalue weighted by molar-refractivity contribution is 6.30. The highest BCUT2D eigenvalue weighted by atomic mass is 35.5. The molecule has 0 N–H and O–H groups in total. The van der Waals surface area contributed by atoms with Crippen LogP contribution in [0.3, 0.4) is 0 Å². The Morgan fingerprint density at radius 1 is 0.949 bits per heavy atom. The van der Waals surface area contributed by atoms with Crippen molar-refractivity contribution in [3.63, 3.8) is 0 Å². The standard InChI is InChI=1S/C30H30ClF2N3O3/c1-2-3-15-36-25(28(31)34-29(36)23-7-5-4-6-8-23)19-35(17-21-9-12-24(13-10-21)39-30(32)33)18-22-11-14-26-27(16-22)38-20-37-26/h4-14,16,30H,2-3,15,17-20H2,1H3. The fourth-order valence-electron chi connectivity index (χ4n) is 4.68. The molecule has 6 nitrogen and oxygen atoms in total. The predicted octanol–water partition coefficient (Wildman–Crippen LogP) is 7.54. The van der Waals surface area contributed by atoms with E-state index in [4.69, 9.17) is 26.1 Å². The minimum absolute atomic E-state index is 0.129. The number of ether oxygens (including phenoxy) is 3. The molecule has 0 amide bonds. The highest BCUT2D eigenvalue weighted by Crippen LogP contribution is 2.34. The van der Waals surface area contributed by atoms with E-state index in [9.17, 15) is 8.78 Å². The minimum atomic E-state index is -2.86. The number of benzene rings is 3. The normalized spacial score (nSPS) is 12.5. The van der Waals surface area contributed by atoms with Gasteiger partial charge in [-0.1, -0.05) is 73.5 Å². The Morgan fingerprint density at radius 3 is 2.41 bits per heavy atom. The number of imidazole rings is 1. The van der Waals surface area contributed by atoms with Gasteiger partial charge in [-0.05, 0) is 41.8 Å². The molecule has 0 saturated heterocycles. The lowest BCUT2D eigenvalue weighted by atomic mass is 10.1. The first-order valence-corrected chi connectivity index (χ1v) is 13.3. The van der Waals surface area contributed by atoms with Gasteiger partial charge in [0.05, 0.1) is 5.69 Å². The van der Waals surface area contributed by atoms with E-state index < -0.39 is 6.61 Å². The summed E-state index contributed by atoms with van der Waals surface area (Å²) in [6.07, 6.45) is 2.03. The monoisotopic (exact) mass is 553 g/mol. The fourth-order valence-corrected chi connectivity index (χ4v) is 4.93. The molecule has 0 spiro atoms. The van der Waals surface area contributed by atoms with E-state index in [1.165, 1.54) is 0 Å². The summed E-state index contributed by atoms with van der Waals surface area (Å²) in [4.78, 5) is 7.02. The van der Waals surface area contributed by atoms with Crippen LogP contribution < -0.4 is 14.2 Å². The van der Waals surface area contributed by atoms with E-state index >= 15 is 0 Å². The molecule has 1 aliphatic rings. The van der Waals surface area contributed by atoms with Crippen LogP contribution in [-0.2, 0) is 26.2 Å². The van der Waals surface area contributed by atoms with E-state index in [0.717, 1.165) is 59.1 Å². The molecule has 3 aromatic carbocycles. The van der Waals surface area contributed by atoms with Crippen LogP contribution in [0.4, 0.5) is 8.78 Å². The summed E-state index contributed by atoms with van der Waals surface area (Å²) in [7, 11) is 0. The SMILES string of the molecule is CCCCn1c(-c2ccccc2)nc(Cl)c1CN(Cc1ccc(OC(F)F)cc1)Cc1ccc2c(c1)OCO2. The minimum Gasteiger partial charge on any atom is -0.454 e. The summed E-state index contributed by atoms with van der Waals surface area (Å²) < 4.78 is 43.1. The average Bonchev–Trinajstić information content (AvgIpc) is 3.52. The van der Waals surface area contributed by atoms with Gasteiger partial charge < -0.3 is 18.8 Å². The van der Waals surface area contributed by atoms with Crippen LogP contribution in [0.15, 0.2) is 72.8 Å². The molecule has 0 bridgehead atoms. The smallest absolute Gasteiger partial charge is 0.387 e. The molecule has 0 atom stereocenters. The Kier molecular flexibility index (Phi) is 8.64. The van der Waals surface area contributed by atoms with Crippen molar-refractivity contribution in [1.82, 2.24) is 14.5 Å². The maximum absolute atomic E-state index is 12.6. The summed E-state index contributed by atoms with van der Waals surface area (Å²) in [5.41, 5.74) is 3.95. The molecule has 2 heterocycles. The number of unbranched alkanes of at least 4 members (excludes halogenated alkanes) is 1. The van der Waals surface area contributed by atoms with E-state index in [0.29, 0.717) is 24.8 Å². The first kappa shape index (κ1) is 27.0. The van der Waals surface area contributed by atoms with Gasteiger partial charge in [-0.2, -0.15) is 8.78 Å². The third-order valence-electron chi connectivity index (χ3n) is 6.56. The molecule has 4 aromatic rings. The second kappa shape index (κ2) is 12.5. The molecular weight excluding hydrogens is 524 g/mol. The van der Waals surface area contributed by atoms with Crippen molar-refractivity contribution in [2.75, 3.05) is 6.79 Å². The second-order valence-corrected chi connectivity index (χ2v) is 9.76. The molecule has 0 aliphatic carbocycles. The van der Waals surface area contributed by atoms with Crippen LogP contribution in [0.5, 0.6) is 17.2 Å². The largest absolute Gasteiger partial charge is 0.454 e. The summed E-state index contributed by atoms with van der Waals surface area (Å²) in [6, 6.07) is 22.7. The topological polar surface area (TPSA) is 48.8 Å².